The van der Waals surface area contributed by atoms with E-state index >= 15 is 0 Å². The normalized spacial score (nSPS) is 14.0. The first kappa shape index (κ1) is 14.4. The highest BCUT2D eigenvalue weighted by Gasteiger charge is 2.22. The van der Waals surface area contributed by atoms with Gasteiger partial charge in [0.05, 0.1) is 4.88 Å². The van der Waals surface area contributed by atoms with Gasteiger partial charge in [0.15, 0.2) is 5.82 Å². The minimum absolute atomic E-state index is 0.317. The number of hydrogen-bond acceptors (Lipinski definition) is 6. The minimum Gasteiger partial charge on any atom is -0.488 e. The number of fused-ring (bicyclic) bond motifs is 3. The molecule has 6 heteroatoms. The van der Waals surface area contributed by atoms with Crippen molar-refractivity contribution in [2.45, 2.75) is 26.0 Å². The van der Waals surface area contributed by atoms with Crippen molar-refractivity contribution in [2.24, 2.45) is 0 Å². The second-order valence-electron chi connectivity index (χ2n) is 5.66. The summed E-state index contributed by atoms with van der Waals surface area (Å²) < 4.78 is 11.2. The number of aromatic nitrogens is 2. The zero-order valence-corrected chi connectivity index (χ0v) is 13.8. The van der Waals surface area contributed by atoms with E-state index in [1.807, 2.05) is 25.2 Å². The fourth-order valence-corrected chi connectivity index (χ4v) is 3.74. The van der Waals surface area contributed by atoms with Crippen LogP contribution in [0.2, 0.25) is 0 Å². The first-order chi connectivity index (χ1) is 11.2. The largest absolute Gasteiger partial charge is 0.488 e. The highest BCUT2D eigenvalue weighted by atomic mass is 32.1. The minimum atomic E-state index is 0.317. The van der Waals surface area contributed by atoms with Gasteiger partial charge in [0.1, 0.15) is 12.4 Å². The maximum atomic E-state index is 5.80. The number of benzene rings is 1. The molecule has 118 valence electrons. The number of rotatable bonds is 4. The first-order valence-electron chi connectivity index (χ1n) is 7.59. The van der Waals surface area contributed by atoms with Gasteiger partial charge in [0.2, 0.25) is 0 Å². The lowest BCUT2D eigenvalue weighted by Crippen LogP contribution is -2.24. The average Bonchev–Trinajstić information content (AvgIpc) is 3.21. The van der Waals surface area contributed by atoms with Gasteiger partial charge in [-0.25, -0.2) is 0 Å². The predicted octanol–water partition coefficient (Wildman–Crippen LogP) is 3.51. The van der Waals surface area contributed by atoms with Crippen LogP contribution >= 0.6 is 11.3 Å². The van der Waals surface area contributed by atoms with Crippen molar-refractivity contribution < 1.29 is 9.26 Å². The summed E-state index contributed by atoms with van der Waals surface area (Å²) in [5.74, 6) is 2.24. The van der Waals surface area contributed by atoms with Gasteiger partial charge in [0, 0.05) is 28.5 Å². The molecule has 5 nitrogen and oxygen atoms in total. The van der Waals surface area contributed by atoms with E-state index in [0.717, 1.165) is 28.4 Å². The van der Waals surface area contributed by atoms with Crippen LogP contribution in [0, 0.1) is 0 Å². The highest BCUT2D eigenvalue weighted by Crippen LogP contribution is 2.44. The van der Waals surface area contributed by atoms with E-state index in [-0.39, 0.29) is 0 Å². The Kier molecular flexibility index (Phi) is 3.63. The summed E-state index contributed by atoms with van der Waals surface area (Å²) in [5.41, 5.74) is 2.31. The molecule has 3 heterocycles. The maximum Gasteiger partial charge on any atom is 0.268 e. The molecule has 0 spiro atoms. The summed E-state index contributed by atoms with van der Waals surface area (Å²) in [5, 5.41) is 7.26. The number of hydrogen-bond donors (Lipinski definition) is 1. The molecule has 0 fully saturated rings. The monoisotopic (exact) mass is 327 g/mol. The van der Waals surface area contributed by atoms with Crippen molar-refractivity contribution in [3.8, 4) is 27.0 Å². The summed E-state index contributed by atoms with van der Waals surface area (Å²) in [7, 11) is 1.93. The van der Waals surface area contributed by atoms with E-state index in [4.69, 9.17) is 9.26 Å². The quantitative estimate of drug-likeness (QED) is 0.794. The number of thiophene rings is 1. The molecular weight excluding hydrogens is 310 g/mol. The highest BCUT2D eigenvalue weighted by molar-refractivity contribution is 7.19. The molecule has 4 rings (SSSR count). The van der Waals surface area contributed by atoms with Crippen molar-refractivity contribution in [1.29, 1.82) is 0 Å². The SMILES string of the molecule is CNC(C)Cc1noc(-c2cc3c(s2)-c2ccccc2OC3)n1. The van der Waals surface area contributed by atoms with Crippen LogP contribution in [0.1, 0.15) is 18.3 Å². The van der Waals surface area contributed by atoms with Crippen molar-refractivity contribution >= 4 is 11.3 Å². The fraction of sp³-hybridized carbons (Fsp3) is 0.294. The average molecular weight is 327 g/mol. The topological polar surface area (TPSA) is 60.2 Å². The van der Waals surface area contributed by atoms with Crippen LogP contribution in [0.15, 0.2) is 34.9 Å². The molecule has 1 atom stereocenters. The molecule has 1 N–H and O–H groups in total. The summed E-state index contributed by atoms with van der Waals surface area (Å²) in [6.45, 7) is 2.68. The van der Waals surface area contributed by atoms with Gasteiger partial charge in [-0.05, 0) is 32.2 Å². The molecule has 0 amide bonds. The Balaban J connectivity index is 1.67. The zero-order chi connectivity index (χ0) is 15.8. The summed E-state index contributed by atoms with van der Waals surface area (Å²) >= 11 is 1.68. The van der Waals surface area contributed by atoms with Crippen LogP contribution in [0.3, 0.4) is 0 Å². The van der Waals surface area contributed by atoms with Crippen LogP contribution in [0.25, 0.3) is 21.2 Å². The van der Waals surface area contributed by atoms with Crippen molar-refractivity contribution in [2.75, 3.05) is 7.05 Å². The van der Waals surface area contributed by atoms with Gasteiger partial charge in [0.25, 0.3) is 5.89 Å². The van der Waals surface area contributed by atoms with Crippen LogP contribution in [0.4, 0.5) is 0 Å². The smallest absolute Gasteiger partial charge is 0.268 e. The Morgan fingerprint density at radius 2 is 2.22 bits per heavy atom. The van der Waals surface area contributed by atoms with Crippen LogP contribution < -0.4 is 10.1 Å². The Morgan fingerprint density at radius 3 is 3.09 bits per heavy atom. The first-order valence-corrected chi connectivity index (χ1v) is 8.41. The Morgan fingerprint density at radius 1 is 1.35 bits per heavy atom. The molecule has 1 aliphatic heterocycles. The van der Waals surface area contributed by atoms with Gasteiger partial charge in [-0.3, -0.25) is 0 Å². The van der Waals surface area contributed by atoms with Crippen molar-refractivity contribution in [3.05, 3.63) is 41.7 Å². The van der Waals surface area contributed by atoms with Crippen LogP contribution in [-0.2, 0) is 13.0 Å². The molecule has 1 aliphatic rings. The Labute approximate surface area is 138 Å². The number of nitrogens with one attached hydrogen (secondary N) is 1. The van der Waals surface area contributed by atoms with Gasteiger partial charge in [-0.1, -0.05) is 17.3 Å². The third-order valence-electron chi connectivity index (χ3n) is 3.98. The molecule has 3 aromatic rings. The number of likely N-dealkylation sites (N-methyl/N-ethyl adjacent to an activating group) is 1. The van der Waals surface area contributed by atoms with Gasteiger partial charge in [-0.2, -0.15) is 4.98 Å². The molecule has 0 saturated heterocycles. The van der Waals surface area contributed by atoms with Gasteiger partial charge >= 0.3 is 0 Å². The Hall–Kier alpha value is -2.18. The lowest BCUT2D eigenvalue weighted by atomic mass is 10.1. The molecular formula is C17H17N3O2S. The lowest BCUT2D eigenvalue weighted by Gasteiger charge is -2.16. The van der Waals surface area contributed by atoms with E-state index in [2.05, 4.69) is 34.5 Å². The second kappa shape index (κ2) is 5.79. The molecule has 2 aromatic heterocycles. The predicted molar refractivity (Wildman–Crippen MR) is 89.6 cm³/mol. The molecule has 1 unspecified atom stereocenters. The third kappa shape index (κ3) is 2.64. The van der Waals surface area contributed by atoms with Crippen molar-refractivity contribution in [1.82, 2.24) is 15.5 Å². The number of ether oxygens (including phenoxy) is 1. The maximum absolute atomic E-state index is 5.80. The third-order valence-corrected chi connectivity index (χ3v) is 5.18. The molecule has 23 heavy (non-hydrogen) atoms. The second-order valence-corrected chi connectivity index (χ2v) is 6.71. The lowest BCUT2D eigenvalue weighted by molar-refractivity contribution is 0.303. The zero-order valence-electron chi connectivity index (χ0n) is 13.0. The van der Waals surface area contributed by atoms with E-state index < -0.39 is 0 Å². The number of para-hydroxylation sites is 1. The molecule has 1 aromatic carbocycles. The standard InChI is InChI=1S/C17H17N3O2S/c1-10(18-2)7-15-19-17(22-20-15)14-8-11-9-21-13-6-4-3-5-12(13)16(11)23-14/h3-6,8,10,18H,7,9H2,1-2H3. The molecule has 0 aliphatic carbocycles. The molecule has 0 saturated carbocycles. The number of nitrogens with zero attached hydrogens (tertiary/aromatic N) is 2. The summed E-state index contributed by atoms with van der Waals surface area (Å²) in [6, 6.07) is 10.5. The van der Waals surface area contributed by atoms with Crippen LogP contribution in [-0.4, -0.2) is 23.2 Å². The van der Waals surface area contributed by atoms with E-state index in [9.17, 15) is 0 Å². The molecule has 0 radical (unpaired) electrons. The van der Waals surface area contributed by atoms with Crippen molar-refractivity contribution in [3.63, 3.8) is 0 Å². The summed E-state index contributed by atoms with van der Waals surface area (Å²) in [6.07, 6.45) is 0.747. The van der Waals surface area contributed by atoms with E-state index in [0.29, 0.717) is 18.5 Å². The fourth-order valence-electron chi connectivity index (χ4n) is 2.62. The van der Waals surface area contributed by atoms with E-state index in [1.54, 1.807) is 11.3 Å². The van der Waals surface area contributed by atoms with Crippen LogP contribution in [0.5, 0.6) is 5.75 Å². The summed E-state index contributed by atoms with van der Waals surface area (Å²) in [4.78, 5) is 6.74. The van der Waals surface area contributed by atoms with Gasteiger partial charge in [-0.15, -0.1) is 11.3 Å². The van der Waals surface area contributed by atoms with Gasteiger partial charge < -0.3 is 14.6 Å². The Bertz CT molecular complexity index is 840. The molecule has 0 bridgehead atoms. The van der Waals surface area contributed by atoms with E-state index in [1.165, 1.54) is 10.4 Å².